The Morgan fingerprint density at radius 3 is 2.71 bits per heavy atom. The van der Waals surface area contributed by atoms with Crippen LogP contribution in [0, 0.1) is 6.92 Å². The average molecular weight is 286 g/mol. The molecule has 1 heterocycles. The molecule has 21 heavy (non-hydrogen) atoms. The molecule has 0 aliphatic rings. The Balaban J connectivity index is 2.08. The summed E-state index contributed by atoms with van der Waals surface area (Å²) in [4.78, 5) is 4.43. The second kappa shape index (κ2) is 7.93. The number of nitrogens with one attached hydrogen (secondary N) is 1. The van der Waals surface area contributed by atoms with Crippen LogP contribution in [-0.4, -0.2) is 27.4 Å². The van der Waals surface area contributed by atoms with Crippen LogP contribution >= 0.6 is 0 Å². The van der Waals surface area contributed by atoms with Gasteiger partial charge in [-0.2, -0.15) is 5.10 Å². The molecule has 1 aromatic carbocycles. The average Bonchev–Trinajstić information content (AvgIpc) is 2.89. The number of aromatic nitrogens is 3. The Labute approximate surface area is 127 Å². The molecular formula is C17H26N4. The number of hydrogen-bond donors (Lipinski definition) is 1. The van der Waals surface area contributed by atoms with E-state index in [0.29, 0.717) is 6.04 Å². The molecule has 0 aliphatic heterocycles. The fourth-order valence-corrected chi connectivity index (χ4v) is 2.67. The molecule has 0 fully saturated rings. The zero-order valence-corrected chi connectivity index (χ0v) is 13.3. The number of hydrogen-bond acceptors (Lipinski definition) is 3. The van der Waals surface area contributed by atoms with Gasteiger partial charge in [0.15, 0.2) is 0 Å². The number of nitrogens with zero attached hydrogens (tertiary/aromatic N) is 3. The van der Waals surface area contributed by atoms with Gasteiger partial charge in [0.1, 0.15) is 12.2 Å². The molecule has 1 aromatic heterocycles. The van der Waals surface area contributed by atoms with E-state index in [-0.39, 0.29) is 0 Å². The molecule has 0 spiro atoms. The number of likely N-dealkylation sites (N-methyl/N-ethyl adjacent to an activating group) is 1. The van der Waals surface area contributed by atoms with Crippen molar-refractivity contribution in [2.45, 2.75) is 52.6 Å². The van der Waals surface area contributed by atoms with Crippen LogP contribution in [-0.2, 0) is 19.4 Å². The van der Waals surface area contributed by atoms with Crippen LogP contribution in [0.15, 0.2) is 30.6 Å². The van der Waals surface area contributed by atoms with Crippen molar-refractivity contribution in [1.82, 2.24) is 20.1 Å². The lowest BCUT2D eigenvalue weighted by atomic mass is 9.99. The summed E-state index contributed by atoms with van der Waals surface area (Å²) in [5, 5.41) is 7.91. The van der Waals surface area contributed by atoms with E-state index >= 15 is 0 Å². The van der Waals surface area contributed by atoms with Gasteiger partial charge in [-0.05, 0) is 37.4 Å². The van der Waals surface area contributed by atoms with Gasteiger partial charge >= 0.3 is 0 Å². The molecule has 114 valence electrons. The van der Waals surface area contributed by atoms with Gasteiger partial charge in [0, 0.05) is 19.0 Å². The number of aryl methyl sites for hydroxylation is 2. The minimum Gasteiger partial charge on any atom is -0.313 e. The molecule has 0 radical (unpaired) electrons. The van der Waals surface area contributed by atoms with Crippen LogP contribution in [0.25, 0.3) is 0 Å². The maximum atomic E-state index is 4.43. The van der Waals surface area contributed by atoms with Crippen molar-refractivity contribution in [2.24, 2.45) is 0 Å². The van der Waals surface area contributed by atoms with Gasteiger partial charge in [-0.1, -0.05) is 38.1 Å². The van der Waals surface area contributed by atoms with E-state index in [2.05, 4.69) is 60.4 Å². The first kappa shape index (κ1) is 15.7. The molecule has 1 N–H and O–H groups in total. The molecule has 0 saturated carbocycles. The smallest absolute Gasteiger partial charge is 0.138 e. The standard InChI is InChI=1S/C17H26N4/c1-4-10-21-17(19-13-20-21)12-16(18-5-2)11-15-9-7-6-8-14(15)3/h6-9,13,16,18H,4-5,10-12H2,1-3H3. The minimum atomic E-state index is 0.399. The fourth-order valence-electron chi connectivity index (χ4n) is 2.67. The zero-order valence-electron chi connectivity index (χ0n) is 13.3. The lowest BCUT2D eigenvalue weighted by Gasteiger charge is -2.19. The summed E-state index contributed by atoms with van der Waals surface area (Å²) in [6.07, 6.45) is 4.70. The molecular weight excluding hydrogens is 260 g/mol. The third-order valence-electron chi connectivity index (χ3n) is 3.78. The van der Waals surface area contributed by atoms with Crippen molar-refractivity contribution in [3.8, 4) is 0 Å². The largest absolute Gasteiger partial charge is 0.313 e. The normalized spacial score (nSPS) is 12.5. The van der Waals surface area contributed by atoms with Crippen molar-refractivity contribution in [3.63, 3.8) is 0 Å². The van der Waals surface area contributed by atoms with Crippen molar-refractivity contribution in [3.05, 3.63) is 47.5 Å². The number of benzene rings is 1. The molecule has 4 nitrogen and oxygen atoms in total. The first-order valence-corrected chi connectivity index (χ1v) is 7.89. The second-order valence-corrected chi connectivity index (χ2v) is 5.49. The Morgan fingerprint density at radius 1 is 1.19 bits per heavy atom. The Morgan fingerprint density at radius 2 is 2.00 bits per heavy atom. The summed E-state index contributed by atoms with van der Waals surface area (Å²) in [7, 11) is 0. The molecule has 0 saturated heterocycles. The third kappa shape index (κ3) is 4.39. The van der Waals surface area contributed by atoms with Gasteiger partial charge < -0.3 is 5.32 Å². The van der Waals surface area contributed by atoms with E-state index in [1.54, 1.807) is 6.33 Å². The van der Waals surface area contributed by atoms with E-state index < -0.39 is 0 Å². The van der Waals surface area contributed by atoms with Crippen LogP contribution in [0.2, 0.25) is 0 Å². The topological polar surface area (TPSA) is 42.7 Å². The Kier molecular flexibility index (Phi) is 5.93. The first-order chi connectivity index (χ1) is 10.2. The summed E-state index contributed by atoms with van der Waals surface area (Å²) >= 11 is 0. The molecule has 0 bridgehead atoms. The van der Waals surface area contributed by atoms with E-state index in [1.165, 1.54) is 11.1 Å². The Bertz CT molecular complexity index is 547. The van der Waals surface area contributed by atoms with E-state index in [4.69, 9.17) is 0 Å². The SMILES string of the molecule is CCCn1ncnc1CC(Cc1ccccc1C)NCC. The molecule has 0 amide bonds. The minimum absolute atomic E-state index is 0.399. The van der Waals surface area contributed by atoms with Gasteiger partial charge in [0.05, 0.1) is 0 Å². The zero-order chi connectivity index (χ0) is 15.1. The highest BCUT2D eigenvalue weighted by Crippen LogP contribution is 2.12. The summed E-state index contributed by atoms with van der Waals surface area (Å²) in [5.41, 5.74) is 2.76. The van der Waals surface area contributed by atoms with E-state index in [1.807, 2.05) is 4.68 Å². The highest BCUT2D eigenvalue weighted by Gasteiger charge is 2.14. The van der Waals surface area contributed by atoms with Crippen molar-refractivity contribution >= 4 is 0 Å². The van der Waals surface area contributed by atoms with Crippen LogP contribution < -0.4 is 5.32 Å². The lowest BCUT2D eigenvalue weighted by Crippen LogP contribution is -2.34. The van der Waals surface area contributed by atoms with Gasteiger partial charge in [-0.15, -0.1) is 0 Å². The van der Waals surface area contributed by atoms with Crippen LogP contribution in [0.3, 0.4) is 0 Å². The summed E-state index contributed by atoms with van der Waals surface area (Å²) in [6, 6.07) is 9.01. The van der Waals surface area contributed by atoms with Crippen LogP contribution in [0.1, 0.15) is 37.2 Å². The molecule has 2 rings (SSSR count). The van der Waals surface area contributed by atoms with Gasteiger partial charge in [0.2, 0.25) is 0 Å². The fraction of sp³-hybridized carbons (Fsp3) is 0.529. The van der Waals surface area contributed by atoms with Crippen molar-refractivity contribution in [1.29, 1.82) is 0 Å². The highest BCUT2D eigenvalue weighted by atomic mass is 15.3. The van der Waals surface area contributed by atoms with Gasteiger partial charge in [0.25, 0.3) is 0 Å². The van der Waals surface area contributed by atoms with Crippen LogP contribution in [0.5, 0.6) is 0 Å². The lowest BCUT2D eigenvalue weighted by molar-refractivity contribution is 0.481. The summed E-state index contributed by atoms with van der Waals surface area (Å²) in [5.74, 6) is 1.08. The molecule has 4 heteroatoms. The maximum absolute atomic E-state index is 4.43. The molecule has 2 aromatic rings. The first-order valence-electron chi connectivity index (χ1n) is 7.89. The van der Waals surface area contributed by atoms with E-state index in [0.717, 1.165) is 38.2 Å². The van der Waals surface area contributed by atoms with Crippen molar-refractivity contribution < 1.29 is 0 Å². The Hall–Kier alpha value is -1.68. The molecule has 1 unspecified atom stereocenters. The van der Waals surface area contributed by atoms with Gasteiger partial charge in [-0.25, -0.2) is 4.98 Å². The van der Waals surface area contributed by atoms with Crippen molar-refractivity contribution in [2.75, 3.05) is 6.54 Å². The highest BCUT2D eigenvalue weighted by molar-refractivity contribution is 5.26. The monoisotopic (exact) mass is 286 g/mol. The summed E-state index contributed by atoms with van der Waals surface area (Å²) < 4.78 is 2.03. The van der Waals surface area contributed by atoms with Gasteiger partial charge in [-0.3, -0.25) is 4.68 Å². The van der Waals surface area contributed by atoms with Crippen LogP contribution in [0.4, 0.5) is 0 Å². The maximum Gasteiger partial charge on any atom is 0.138 e. The predicted octanol–water partition coefficient (Wildman–Crippen LogP) is 2.76. The van der Waals surface area contributed by atoms with E-state index in [9.17, 15) is 0 Å². The predicted molar refractivity (Wildman–Crippen MR) is 86.4 cm³/mol. The quantitative estimate of drug-likeness (QED) is 0.811. The number of rotatable bonds is 8. The molecule has 1 atom stereocenters. The molecule has 0 aliphatic carbocycles. The second-order valence-electron chi connectivity index (χ2n) is 5.49. The third-order valence-corrected chi connectivity index (χ3v) is 3.78. The summed E-state index contributed by atoms with van der Waals surface area (Å²) in [6.45, 7) is 8.41.